The van der Waals surface area contributed by atoms with Crippen LogP contribution in [0.1, 0.15) is 18.5 Å². The Kier molecular flexibility index (Phi) is 4.27. The number of nitrogens with zero attached hydrogens (tertiary/aromatic N) is 2. The Bertz CT molecular complexity index is 523. The van der Waals surface area contributed by atoms with Gasteiger partial charge < -0.3 is 5.32 Å². The van der Waals surface area contributed by atoms with Gasteiger partial charge in [-0.15, -0.1) is 0 Å². The number of benzene rings is 1. The van der Waals surface area contributed by atoms with E-state index in [2.05, 4.69) is 15.3 Å². The van der Waals surface area contributed by atoms with E-state index >= 15 is 0 Å². The van der Waals surface area contributed by atoms with Crippen molar-refractivity contribution < 1.29 is 0 Å². The van der Waals surface area contributed by atoms with Gasteiger partial charge in [0, 0.05) is 11.1 Å². The molecule has 2 rings (SSSR count). The highest BCUT2D eigenvalue weighted by molar-refractivity contribution is 6.33. The smallest absolute Gasteiger partial charge is 0.226 e. The Labute approximate surface area is 120 Å². The molecule has 0 fully saturated rings. The molecule has 6 heteroatoms. The second-order valence-corrected chi connectivity index (χ2v) is 4.97. The average molecular weight is 303 g/mol. The number of hydrogen-bond donors (Lipinski definition) is 1. The van der Waals surface area contributed by atoms with Crippen LogP contribution in [0.15, 0.2) is 30.3 Å². The molecule has 0 spiro atoms. The van der Waals surface area contributed by atoms with Crippen LogP contribution in [0, 0.1) is 0 Å². The van der Waals surface area contributed by atoms with E-state index in [0.29, 0.717) is 21.3 Å². The normalized spacial score (nSPS) is 12.2. The summed E-state index contributed by atoms with van der Waals surface area (Å²) in [5, 5.41) is 4.44. The first-order valence-electron chi connectivity index (χ1n) is 5.26. The minimum atomic E-state index is 0.0248. The van der Waals surface area contributed by atoms with E-state index in [9.17, 15) is 0 Å². The third kappa shape index (κ3) is 3.48. The monoisotopic (exact) mass is 301 g/mol. The molecule has 0 saturated carbocycles. The largest absolute Gasteiger partial charge is 0.348 e. The first-order valence-corrected chi connectivity index (χ1v) is 6.40. The summed E-state index contributed by atoms with van der Waals surface area (Å²) < 4.78 is 0. The summed E-state index contributed by atoms with van der Waals surface area (Å²) in [5.74, 6) is 0.398. The molecule has 0 aliphatic carbocycles. The highest BCUT2D eigenvalue weighted by atomic mass is 35.5. The van der Waals surface area contributed by atoms with Gasteiger partial charge in [0.15, 0.2) is 0 Å². The lowest BCUT2D eigenvalue weighted by Gasteiger charge is -2.14. The third-order valence-electron chi connectivity index (χ3n) is 2.38. The fourth-order valence-electron chi connectivity index (χ4n) is 1.48. The third-order valence-corrected chi connectivity index (χ3v) is 3.02. The molecule has 2 aromatic rings. The molecule has 1 aromatic heterocycles. The number of nitrogens with one attached hydrogen (secondary N) is 1. The van der Waals surface area contributed by atoms with Gasteiger partial charge in [-0.1, -0.05) is 46.9 Å². The zero-order valence-corrected chi connectivity index (χ0v) is 11.8. The molecule has 1 unspecified atom stereocenters. The van der Waals surface area contributed by atoms with Gasteiger partial charge in [0.2, 0.25) is 5.95 Å². The highest BCUT2D eigenvalue weighted by Crippen LogP contribution is 2.21. The average Bonchev–Trinajstić information content (AvgIpc) is 2.28. The lowest BCUT2D eigenvalue weighted by molar-refractivity contribution is 0.860. The summed E-state index contributed by atoms with van der Waals surface area (Å²) >= 11 is 17.5. The minimum absolute atomic E-state index is 0.0248. The number of anilines is 1. The van der Waals surface area contributed by atoms with Crippen LogP contribution in [0.25, 0.3) is 0 Å². The second kappa shape index (κ2) is 5.74. The zero-order valence-electron chi connectivity index (χ0n) is 9.49. The molecule has 0 saturated heterocycles. The molecule has 0 aliphatic heterocycles. The molecule has 1 heterocycles. The van der Waals surface area contributed by atoms with Gasteiger partial charge in [-0.25, -0.2) is 9.97 Å². The summed E-state index contributed by atoms with van der Waals surface area (Å²) in [6, 6.07) is 9.05. The summed E-state index contributed by atoms with van der Waals surface area (Å²) in [7, 11) is 0. The van der Waals surface area contributed by atoms with Gasteiger partial charge in [-0.3, -0.25) is 0 Å². The number of rotatable bonds is 3. The van der Waals surface area contributed by atoms with Gasteiger partial charge >= 0.3 is 0 Å². The van der Waals surface area contributed by atoms with Crippen LogP contribution in [0.3, 0.4) is 0 Å². The molecule has 0 radical (unpaired) electrons. The summed E-state index contributed by atoms with van der Waals surface area (Å²) in [4.78, 5) is 8.10. The van der Waals surface area contributed by atoms with Crippen molar-refractivity contribution in [2.24, 2.45) is 0 Å². The van der Waals surface area contributed by atoms with Crippen LogP contribution in [-0.4, -0.2) is 9.97 Å². The summed E-state index contributed by atoms with van der Waals surface area (Å²) in [5.41, 5.74) is 1.07. The molecule has 1 aromatic carbocycles. The van der Waals surface area contributed by atoms with Crippen molar-refractivity contribution >= 4 is 40.8 Å². The van der Waals surface area contributed by atoms with Crippen LogP contribution in [0.4, 0.5) is 5.95 Å². The predicted molar refractivity (Wildman–Crippen MR) is 75.5 cm³/mol. The van der Waals surface area contributed by atoms with Crippen molar-refractivity contribution in [2.45, 2.75) is 13.0 Å². The Balaban J connectivity index is 2.15. The number of aromatic nitrogens is 2. The lowest BCUT2D eigenvalue weighted by Crippen LogP contribution is -2.09. The lowest BCUT2D eigenvalue weighted by atomic mass is 10.1. The molecular weight excluding hydrogens is 293 g/mol. The van der Waals surface area contributed by atoms with E-state index in [0.717, 1.165) is 5.56 Å². The van der Waals surface area contributed by atoms with E-state index in [1.165, 1.54) is 6.07 Å². The maximum absolute atomic E-state index is 5.84. The Hall–Kier alpha value is -1.03. The highest BCUT2D eigenvalue weighted by Gasteiger charge is 2.08. The minimum Gasteiger partial charge on any atom is -0.348 e. The van der Waals surface area contributed by atoms with Crippen molar-refractivity contribution in [3.05, 3.63) is 51.2 Å². The first kappa shape index (κ1) is 13.4. The van der Waals surface area contributed by atoms with Gasteiger partial charge in [-0.2, -0.15) is 0 Å². The fourth-order valence-corrected chi connectivity index (χ4v) is 2.03. The fraction of sp³-hybridized carbons (Fsp3) is 0.167. The first-order chi connectivity index (χ1) is 8.54. The van der Waals surface area contributed by atoms with Crippen molar-refractivity contribution in [3.63, 3.8) is 0 Å². The molecular formula is C12H10Cl3N3. The van der Waals surface area contributed by atoms with Crippen molar-refractivity contribution in [1.29, 1.82) is 0 Å². The molecule has 0 aliphatic rings. The van der Waals surface area contributed by atoms with E-state index in [1.807, 2.05) is 31.2 Å². The molecule has 3 nitrogen and oxygen atoms in total. The van der Waals surface area contributed by atoms with Crippen LogP contribution in [0.2, 0.25) is 15.3 Å². The van der Waals surface area contributed by atoms with Crippen LogP contribution >= 0.6 is 34.8 Å². The van der Waals surface area contributed by atoms with Crippen LogP contribution < -0.4 is 5.32 Å². The molecule has 0 amide bonds. The number of halogens is 3. The second-order valence-electron chi connectivity index (χ2n) is 3.75. The van der Waals surface area contributed by atoms with Gasteiger partial charge in [0.1, 0.15) is 10.3 Å². The molecule has 94 valence electrons. The zero-order chi connectivity index (χ0) is 13.1. The SMILES string of the molecule is CC(Nc1nc(Cl)cc(Cl)n1)c1ccc(Cl)cc1. The molecule has 18 heavy (non-hydrogen) atoms. The Morgan fingerprint density at radius 2 is 1.56 bits per heavy atom. The standard InChI is InChI=1S/C12H10Cl3N3/c1-7(8-2-4-9(13)5-3-8)16-12-17-10(14)6-11(15)18-12/h2-7H,1H3,(H,16,17,18). The quantitative estimate of drug-likeness (QED) is 0.841. The van der Waals surface area contributed by atoms with Crippen molar-refractivity contribution in [2.75, 3.05) is 5.32 Å². The van der Waals surface area contributed by atoms with Crippen molar-refractivity contribution in [3.8, 4) is 0 Å². The van der Waals surface area contributed by atoms with Crippen LogP contribution in [-0.2, 0) is 0 Å². The Morgan fingerprint density at radius 1 is 1.00 bits per heavy atom. The van der Waals surface area contributed by atoms with Crippen LogP contribution in [0.5, 0.6) is 0 Å². The Morgan fingerprint density at radius 3 is 2.11 bits per heavy atom. The molecule has 0 bridgehead atoms. The van der Waals surface area contributed by atoms with E-state index in [1.54, 1.807) is 0 Å². The molecule has 1 N–H and O–H groups in total. The predicted octanol–water partition coefficient (Wildman–Crippen LogP) is 4.61. The maximum Gasteiger partial charge on any atom is 0.226 e. The van der Waals surface area contributed by atoms with Crippen molar-refractivity contribution in [1.82, 2.24) is 9.97 Å². The summed E-state index contributed by atoms with van der Waals surface area (Å²) in [6.45, 7) is 1.99. The van der Waals surface area contributed by atoms with E-state index in [-0.39, 0.29) is 6.04 Å². The summed E-state index contributed by atoms with van der Waals surface area (Å²) in [6.07, 6.45) is 0. The van der Waals surface area contributed by atoms with Gasteiger partial charge in [-0.05, 0) is 24.6 Å². The maximum atomic E-state index is 5.84. The van der Waals surface area contributed by atoms with Gasteiger partial charge in [0.25, 0.3) is 0 Å². The van der Waals surface area contributed by atoms with E-state index < -0.39 is 0 Å². The molecule has 1 atom stereocenters. The topological polar surface area (TPSA) is 37.8 Å². The van der Waals surface area contributed by atoms with E-state index in [4.69, 9.17) is 34.8 Å². The number of hydrogen-bond acceptors (Lipinski definition) is 3. The van der Waals surface area contributed by atoms with Gasteiger partial charge in [0.05, 0.1) is 6.04 Å².